The molecule has 112 valence electrons. The summed E-state index contributed by atoms with van der Waals surface area (Å²) >= 11 is 3.47. The Bertz CT molecular complexity index is 692. The van der Waals surface area contributed by atoms with Crippen LogP contribution in [0.25, 0.3) is 11.3 Å². The molecule has 5 nitrogen and oxygen atoms in total. The molecular weight excluding hydrogens is 336 g/mol. The molecule has 0 atom stereocenters. The Morgan fingerprint density at radius 3 is 2.52 bits per heavy atom. The molecule has 0 saturated carbocycles. The van der Waals surface area contributed by atoms with Crippen LogP contribution in [0.3, 0.4) is 0 Å². The maximum Gasteiger partial charge on any atom is 0.356 e. The Kier molecular flexibility index (Phi) is 4.37. The molecule has 21 heavy (non-hydrogen) atoms. The van der Waals surface area contributed by atoms with Crippen LogP contribution in [-0.2, 0) is 7.05 Å². The highest BCUT2D eigenvalue weighted by Gasteiger charge is 2.20. The van der Waals surface area contributed by atoms with Crippen LogP contribution in [-0.4, -0.2) is 28.0 Å². The van der Waals surface area contributed by atoms with Gasteiger partial charge in [-0.25, -0.2) is 4.79 Å². The normalized spacial score (nSPS) is 11.0. The number of carboxylic acids is 1. The summed E-state index contributed by atoms with van der Waals surface area (Å²) in [5, 5.41) is 13.1. The van der Waals surface area contributed by atoms with E-state index in [9.17, 15) is 4.79 Å². The number of nitrogens with zero attached hydrogens (tertiary/aromatic N) is 2. The first-order chi connectivity index (χ1) is 9.85. The Labute approximate surface area is 131 Å². The summed E-state index contributed by atoms with van der Waals surface area (Å²) in [4.78, 5) is 11.1. The maximum absolute atomic E-state index is 11.1. The first-order valence-electron chi connectivity index (χ1n) is 6.50. The summed E-state index contributed by atoms with van der Waals surface area (Å²) in [5.74, 6) is -0.0383. The second-order valence-corrected chi connectivity index (χ2v) is 5.98. The molecule has 0 aliphatic heterocycles. The van der Waals surface area contributed by atoms with Gasteiger partial charge in [-0.2, -0.15) is 5.10 Å². The second-order valence-electron chi connectivity index (χ2n) is 5.07. The zero-order chi connectivity index (χ0) is 15.7. The van der Waals surface area contributed by atoms with Crippen LogP contribution in [0.5, 0.6) is 5.75 Å². The summed E-state index contributed by atoms with van der Waals surface area (Å²) in [5.41, 5.74) is 2.72. The van der Waals surface area contributed by atoms with E-state index in [0.717, 1.165) is 27.0 Å². The largest absolute Gasteiger partial charge is 0.496 e. The molecule has 0 radical (unpaired) electrons. The standard InChI is InChI=1S/C15H17BrN2O3/c1-8(2)14-10(5-9(16)6-13(14)21-4)12-7-11(15(19)20)17-18(12)3/h5-8H,1-4H3,(H,19,20). The number of methoxy groups -OCH3 is 1. The van der Waals surface area contributed by atoms with Crippen LogP contribution in [0.15, 0.2) is 22.7 Å². The average Bonchev–Trinajstić information content (AvgIpc) is 2.79. The van der Waals surface area contributed by atoms with Gasteiger partial charge in [0.15, 0.2) is 5.69 Å². The number of aryl methyl sites for hydroxylation is 1. The van der Waals surface area contributed by atoms with Crippen LogP contribution in [0.1, 0.15) is 35.8 Å². The number of hydrogen-bond acceptors (Lipinski definition) is 3. The van der Waals surface area contributed by atoms with Crippen molar-refractivity contribution < 1.29 is 14.6 Å². The Morgan fingerprint density at radius 2 is 2.05 bits per heavy atom. The number of ether oxygens (including phenoxy) is 1. The van der Waals surface area contributed by atoms with Crippen molar-refractivity contribution in [3.05, 3.63) is 33.9 Å². The smallest absolute Gasteiger partial charge is 0.356 e. The molecule has 2 aromatic rings. The summed E-state index contributed by atoms with van der Waals surface area (Å²) in [6.07, 6.45) is 0. The van der Waals surface area contributed by atoms with Crippen LogP contribution in [0.2, 0.25) is 0 Å². The van der Waals surface area contributed by atoms with E-state index in [-0.39, 0.29) is 11.6 Å². The van der Waals surface area contributed by atoms with Crippen LogP contribution in [0.4, 0.5) is 0 Å². The van der Waals surface area contributed by atoms with Gasteiger partial charge < -0.3 is 9.84 Å². The van der Waals surface area contributed by atoms with Crippen molar-refractivity contribution in [1.82, 2.24) is 9.78 Å². The fourth-order valence-electron chi connectivity index (χ4n) is 2.39. The minimum Gasteiger partial charge on any atom is -0.496 e. The van der Waals surface area contributed by atoms with Gasteiger partial charge in [0.2, 0.25) is 0 Å². The summed E-state index contributed by atoms with van der Waals surface area (Å²) in [6, 6.07) is 5.45. The second kappa shape index (κ2) is 5.89. The quantitative estimate of drug-likeness (QED) is 0.911. The van der Waals surface area contributed by atoms with Gasteiger partial charge in [0.1, 0.15) is 5.75 Å². The maximum atomic E-state index is 11.1. The fourth-order valence-corrected chi connectivity index (χ4v) is 2.83. The highest BCUT2D eigenvalue weighted by Crippen LogP contribution is 2.39. The zero-order valence-electron chi connectivity index (χ0n) is 12.3. The SMILES string of the molecule is COc1cc(Br)cc(-c2cc(C(=O)O)nn2C)c1C(C)C. The van der Waals surface area contributed by atoms with Crippen molar-refractivity contribution in [2.24, 2.45) is 7.05 Å². The van der Waals surface area contributed by atoms with Gasteiger partial charge in [0.25, 0.3) is 0 Å². The molecule has 1 heterocycles. The van der Waals surface area contributed by atoms with Crippen LogP contribution in [0, 0.1) is 0 Å². The number of aromatic carboxylic acids is 1. The predicted molar refractivity (Wildman–Crippen MR) is 83.9 cm³/mol. The van der Waals surface area contributed by atoms with Crippen molar-refractivity contribution in [3.63, 3.8) is 0 Å². The highest BCUT2D eigenvalue weighted by atomic mass is 79.9. The molecule has 0 aliphatic rings. The topological polar surface area (TPSA) is 64.3 Å². The molecular formula is C15H17BrN2O3. The third-order valence-corrected chi connectivity index (χ3v) is 3.74. The van der Waals surface area contributed by atoms with Crippen molar-refractivity contribution >= 4 is 21.9 Å². The Morgan fingerprint density at radius 1 is 1.38 bits per heavy atom. The van der Waals surface area contributed by atoms with Gasteiger partial charge >= 0.3 is 5.97 Å². The molecule has 0 aliphatic carbocycles. The highest BCUT2D eigenvalue weighted by molar-refractivity contribution is 9.10. The van der Waals surface area contributed by atoms with Crippen LogP contribution < -0.4 is 4.74 Å². The average molecular weight is 353 g/mol. The number of carbonyl (C=O) groups is 1. The number of halogens is 1. The third-order valence-electron chi connectivity index (χ3n) is 3.28. The van der Waals surface area contributed by atoms with E-state index in [2.05, 4.69) is 34.9 Å². The van der Waals surface area contributed by atoms with E-state index in [4.69, 9.17) is 9.84 Å². The summed E-state index contributed by atoms with van der Waals surface area (Å²) in [7, 11) is 3.36. The number of benzene rings is 1. The number of rotatable bonds is 4. The first kappa shape index (κ1) is 15.6. The molecule has 0 saturated heterocycles. The molecule has 0 bridgehead atoms. The minimum absolute atomic E-state index is 0.0288. The van der Waals surface area contributed by atoms with Crippen molar-refractivity contribution in [2.45, 2.75) is 19.8 Å². The van der Waals surface area contributed by atoms with Gasteiger partial charge in [-0.15, -0.1) is 0 Å². The number of hydrogen-bond donors (Lipinski definition) is 1. The lowest BCUT2D eigenvalue weighted by Crippen LogP contribution is -2.02. The molecule has 1 N–H and O–H groups in total. The Balaban J connectivity index is 2.73. The number of carboxylic acid groups (broad SMARTS) is 1. The number of aromatic nitrogens is 2. The van der Waals surface area contributed by atoms with Crippen LogP contribution >= 0.6 is 15.9 Å². The van der Waals surface area contributed by atoms with Crippen molar-refractivity contribution in [3.8, 4) is 17.0 Å². The summed E-state index contributed by atoms with van der Waals surface area (Å²) < 4.78 is 7.92. The van der Waals surface area contributed by atoms with Crippen molar-refractivity contribution in [2.75, 3.05) is 7.11 Å². The molecule has 0 fully saturated rings. The lowest BCUT2D eigenvalue weighted by Gasteiger charge is -2.17. The van der Waals surface area contributed by atoms with Crippen molar-refractivity contribution in [1.29, 1.82) is 0 Å². The van der Waals surface area contributed by atoms with E-state index in [0.29, 0.717) is 0 Å². The molecule has 0 amide bonds. The zero-order valence-corrected chi connectivity index (χ0v) is 13.9. The molecule has 0 spiro atoms. The van der Waals surface area contributed by atoms with E-state index in [1.54, 1.807) is 24.9 Å². The predicted octanol–water partition coefficient (Wildman–Crippen LogP) is 3.68. The first-order valence-corrected chi connectivity index (χ1v) is 7.29. The van der Waals surface area contributed by atoms with Gasteiger partial charge in [-0.05, 0) is 24.1 Å². The lowest BCUT2D eigenvalue weighted by molar-refractivity contribution is 0.0689. The van der Waals surface area contributed by atoms with E-state index < -0.39 is 5.97 Å². The van der Waals surface area contributed by atoms with E-state index >= 15 is 0 Å². The minimum atomic E-state index is -1.04. The van der Waals surface area contributed by atoms with Gasteiger partial charge in [0, 0.05) is 22.6 Å². The van der Waals surface area contributed by atoms with Gasteiger partial charge in [-0.1, -0.05) is 29.8 Å². The lowest BCUT2D eigenvalue weighted by atomic mass is 9.94. The molecule has 2 rings (SSSR count). The molecule has 1 aromatic carbocycles. The molecule has 6 heteroatoms. The third kappa shape index (κ3) is 2.95. The van der Waals surface area contributed by atoms with Gasteiger partial charge in [0.05, 0.1) is 12.8 Å². The summed E-state index contributed by atoms with van der Waals surface area (Å²) in [6.45, 7) is 4.15. The van der Waals surface area contributed by atoms with E-state index in [1.807, 2.05) is 12.1 Å². The molecule has 1 aromatic heterocycles. The Hall–Kier alpha value is -1.82. The monoisotopic (exact) mass is 352 g/mol. The van der Waals surface area contributed by atoms with E-state index in [1.165, 1.54) is 0 Å². The molecule has 0 unspecified atom stereocenters. The van der Waals surface area contributed by atoms with Gasteiger partial charge in [-0.3, -0.25) is 4.68 Å². The fraction of sp³-hybridized carbons (Fsp3) is 0.333.